The smallest absolute Gasteiger partial charge is 0.442 e. The van der Waals surface area contributed by atoms with E-state index in [0.717, 1.165) is 30.5 Å². The third kappa shape index (κ3) is 5.39. The lowest BCUT2D eigenvalue weighted by molar-refractivity contribution is -0.384. The Morgan fingerprint density at radius 3 is 2.27 bits per heavy atom. The number of halogens is 3. The number of methoxy groups -OCH3 is 1. The zero-order valence-corrected chi connectivity index (χ0v) is 20.5. The van der Waals surface area contributed by atoms with E-state index in [1.54, 1.807) is 16.7 Å². The molecule has 0 fully saturated rings. The van der Waals surface area contributed by atoms with E-state index in [2.05, 4.69) is 9.72 Å². The highest BCUT2D eigenvalue weighted by molar-refractivity contribution is 7.93. The second-order valence-electron chi connectivity index (χ2n) is 7.37. The lowest BCUT2D eigenvalue weighted by Crippen LogP contribution is -2.69. The van der Waals surface area contributed by atoms with Crippen molar-refractivity contribution in [1.29, 1.82) is 0 Å². The van der Waals surface area contributed by atoms with Crippen molar-refractivity contribution < 1.29 is 40.8 Å². The number of thiazole rings is 1. The van der Waals surface area contributed by atoms with Gasteiger partial charge in [-0.1, -0.05) is 29.5 Å². The molecular formula is C21H17F3N4O7S2. The van der Waals surface area contributed by atoms with Crippen LogP contribution in [0.2, 0.25) is 0 Å². The van der Waals surface area contributed by atoms with E-state index < -0.39 is 47.8 Å². The zero-order chi connectivity index (χ0) is 27.6. The van der Waals surface area contributed by atoms with Crippen LogP contribution in [0.25, 0.3) is 0 Å². The number of amides is 1. The average molecular weight is 559 g/mol. The second kappa shape index (κ2) is 10.1. The summed E-state index contributed by atoms with van der Waals surface area (Å²) in [6, 6.07) is 9.50. The van der Waals surface area contributed by atoms with Crippen LogP contribution in [0.15, 0.2) is 63.8 Å². The predicted molar refractivity (Wildman–Crippen MR) is 124 cm³/mol. The molecular weight excluding hydrogens is 541 g/mol. The molecule has 1 aromatic heterocycles. The summed E-state index contributed by atoms with van der Waals surface area (Å²) in [5.41, 5.74) is -4.02. The summed E-state index contributed by atoms with van der Waals surface area (Å²) in [4.78, 5) is 38.5. The summed E-state index contributed by atoms with van der Waals surface area (Å²) in [6.45, 7) is 1.48. The van der Waals surface area contributed by atoms with Crippen LogP contribution in [0.5, 0.6) is 0 Å². The van der Waals surface area contributed by atoms with Crippen LogP contribution < -0.4 is 10.6 Å². The summed E-state index contributed by atoms with van der Waals surface area (Å²) in [6.07, 6.45) is -4.73. The number of alkyl halides is 3. The summed E-state index contributed by atoms with van der Waals surface area (Å²) in [7, 11) is -3.66. The predicted octanol–water partition coefficient (Wildman–Crippen LogP) is 3.47. The summed E-state index contributed by atoms with van der Waals surface area (Å²) < 4.78 is 72.5. The van der Waals surface area contributed by atoms with Gasteiger partial charge in [0.05, 0.1) is 23.1 Å². The number of anilines is 1. The number of rotatable bonds is 8. The average Bonchev–Trinajstić information content (AvgIpc) is 3.32. The summed E-state index contributed by atoms with van der Waals surface area (Å²) >= 11 is 0.239. The monoisotopic (exact) mass is 558 g/mol. The number of benzene rings is 2. The third-order valence-corrected chi connectivity index (χ3v) is 8.15. The van der Waals surface area contributed by atoms with Gasteiger partial charge in [-0.3, -0.25) is 14.9 Å². The highest BCUT2D eigenvalue weighted by atomic mass is 32.2. The van der Waals surface area contributed by atoms with Crippen molar-refractivity contribution in [2.45, 2.75) is 27.9 Å². The molecule has 0 bridgehead atoms. The van der Waals surface area contributed by atoms with Crippen molar-refractivity contribution in [2.24, 2.45) is 0 Å². The number of nitro groups is 1. The molecule has 37 heavy (non-hydrogen) atoms. The van der Waals surface area contributed by atoms with Crippen molar-refractivity contribution in [2.75, 3.05) is 12.4 Å². The highest BCUT2D eigenvalue weighted by Crippen LogP contribution is 2.36. The minimum absolute atomic E-state index is 0.151. The molecule has 1 heterocycles. The van der Waals surface area contributed by atoms with Crippen LogP contribution in [0.4, 0.5) is 24.0 Å². The minimum Gasteiger partial charge on any atom is -0.466 e. The van der Waals surface area contributed by atoms with E-state index in [0.29, 0.717) is 12.7 Å². The largest absolute Gasteiger partial charge is 0.466 e. The van der Waals surface area contributed by atoms with Crippen LogP contribution in [0.1, 0.15) is 15.9 Å². The molecule has 0 spiro atoms. The van der Waals surface area contributed by atoms with Crippen LogP contribution in [0.3, 0.4) is 0 Å². The van der Waals surface area contributed by atoms with Crippen molar-refractivity contribution in [3.8, 4) is 0 Å². The number of carbonyl (C=O) groups is 2. The van der Waals surface area contributed by atoms with E-state index in [4.69, 9.17) is 0 Å². The maximum absolute atomic E-state index is 14.3. The molecule has 0 unspecified atom stereocenters. The van der Waals surface area contributed by atoms with Gasteiger partial charge >= 0.3 is 17.8 Å². The van der Waals surface area contributed by atoms with Gasteiger partial charge in [-0.05, 0) is 30.7 Å². The first-order valence-corrected chi connectivity index (χ1v) is 12.3. The molecule has 2 aromatic carbocycles. The number of carbonyl (C=O) groups excluding carboxylic acids is 2. The Hall–Kier alpha value is -4.05. The highest BCUT2D eigenvalue weighted by Gasteiger charge is 2.64. The van der Waals surface area contributed by atoms with Gasteiger partial charge in [-0.25, -0.2) is 18.2 Å². The Bertz CT molecular complexity index is 1460. The van der Waals surface area contributed by atoms with Gasteiger partial charge in [0.25, 0.3) is 11.6 Å². The lowest BCUT2D eigenvalue weighted by atomic mass is 10.1. The number of non-ortho nitro benzene ring substituents is 1. The third-order valence-electron chi connectivity index (χ3n) is 5.01. The van der Waals surface area contributed by atoms with E-state index in [1.807, 2.05) is 0 Å². The van der Waals surface area contributed by atoms with Crippen molar-refractivity contribution in [3.63, 3.8) is 0 Å². The Balaban J connectivity index is 2.01. The van der Waals surface area contributed by atoms with E-state index in [-0.39, 0.29) is 27.5 Å². The molecule has 3 rings (SSSR count). The van der Waals surface area contributed by atoms with Crippen molar-refractivity contribution in [3.05, 3.63) is 76.0 Å². The van der Waals surface area contributed by atoms with Gasteiger partial charge in [0.1, 0.15) is 4.21 Å². The van der Waals surface area contributed by atoms with Crippen LogP contribution in [0, 0.1) is 17.0 Å². The first-order chi connectivity index (χ1) is 17.2. The maximum Gasteiger partial charge on any atom is 0.442 e. The Morgan fingerprint density at radius 1 is 1.11 bits per heavy atom. The molecule has 11 nitrogen and oxygen atoms in total. The van der Waals surface area contributed by atoms with Crippen molar-refractivity contribution in [1.82, 2.24) is 10.3 Å². The molecule has 0 saturated carbocycles. The molecule has 3 aromatic rings. The minimum atomic E-state index is -5.47. The molecule has 0 saturated heterocycles. The van der Waals surface area contributed by atoms with Crippen LogP contribution >= 0.6 is 11.3 Å². The second-order valence-corrected chi connectivity index (χ2v) is 10.6. The fourth-order valence-electron chi connectivity index (χ4n) is 3.07. The number of nitrogens with zero attached hydrogens (tertiary/aromatic N) is 2. The van der Waals surface area contributed by atoms with Gasteiger partial charge in [0.2, 0.25) is 9.84 Å². The molecule has 1 amide bonds. The molecule has 1 atom stereocenters. The standard InChI is InChI=1S/C21H17F3N4O7S2/c1-12-5-3-4-6-15(12)17(29)26-20(18(30)35-2,21(22,23)24)27-19-25-11-16(36-19)37(33,34)14-9-7-13(8-10-14)28(31)32/h3-11H,1-2H3,(H,25,27)(H,26,29)/t20-/m0/s1. The topological polar surface area (TPSA) is 158 Å². The van der Waals surface area contributed by atoms with Crippen LogP contribution in [-0.2, 0) is 19.4 Å². The van der Waals surface area contributed by atoms with Gasteiger partial charge in [0, 0.05) is 17.7 Å². The maximum atomic E-state index is 14.3. The Morgan fingerprint density at radius 2 is 1.73 bits per heavy atom. The number of nitrogens with one attached hydrogen (secondary N) is 2. The molecule has 16 heteroatoms. The summed E-state index contributed by atoms with van der Waals surface area (Å²) in [5, 5.41) is 13.5. The number of esters is 1. The van der Waals surface area contributed by atoms with Gasteiger partial charge in [-0.2, -0.15) is 13.2 Å². The molecule has 0 aliphatic heterocycles. The van der Waals surface area contributed by atoms with E-state index >= 15 is 0 Å². The number of nitro benzene ring substituents is 1. The Labute approximate surface area is 211 Å². The fraction of sp³-hybridized carbons (Fsp3) is 0.190. The molecule has 196 valence electrons. The molecule has 0 aliphatic rings. The van der Waals surface area contributed by atoms with Gasteiger partial charge in [0.15, 0.2) is 5.13 Å². The number of aryl methyl sites for hydroxylation is 1. The first kappa shape index (κ1) is 27.5. The number of hydrogen-bond acceptors (Lipinski definition) is 10. The zero-order valence-electron chi connectivity index (χ0n) is 18.9. The quantitative estimate of drug-likeness (QED) is 0.183. The number of ether oxygens (including phenoxy) is 1. The van der Waals surface area contributed by atoms with E-state index in [9.17, 15) is 41.3 Å². The normalized spacial score (nSPS) is 13.3. The number of aromatic nitrogens is 1. The fourth-order valence-corrected chi connectivity index (χ4v) is 5.56. The van der Waals surface area contributed by atoms with Gasteiger partial charge < -0.3 is 15.4 Å². The molecule has 0 radical (unpaired) electrons. The number of sulfone groups is 1. The first-order valence-electron chi connectivity index (χ1n) is 10.00. The van der Waals surface area contributed by atoms with Crippen LogP contribution in [-0.4, -0.2) is 49.2 Å². The molecule has 0 aliphatic carbocycles. The van der Waals surface area contributed by atoms with Crippen molar-refractivity contribution >= 4 is 43.9 Å². The number of hydrogen-bond donors (Lipinski definition) is 2. The van der Waals surface area contributed by atoms with Gasteiger partial charge in [-0.15, -0.1) is 0 Å². The van der Waals surface area contributed by atoms with E-state index in [1.165, 1.54) is 25.1 Å². The SMILES string of the molecule is COC(=O)[C@](NC(=O)c1ccccc1C)(Nc1ncc(S(=O)(=O)c2ccc([N+](=O)[O-])cc2)s1)C(F)(F)F. The summed E-state index contributed by atoms with van der Waals surface area (Å²) in [5.74, 6) is -3.19. The Kier molecular flexibility index (Phi) is 7.54. The lowest BCUT2D eigenvalue weighted by Gasteiger charge is -2.34. The molecule has 2 N–H and O–H groups in total.